The quantitative estimate of drug-likeness (QED) is 0.595. The second kappa shape index (κ2) is 7.81. The zero-order chi connectivity index (χ0) is 14.3. The smallest absolute Gasteiger partial charge is 0.330 e. The maximum Gasteiger partial charge on any atom is 0.330 e. The van der Waals surface area contributed by atoms with Gasteiger partial charge in [0.1, 0.15) is 0 Å². The number of amides is 1. The third-order valence-electron chi connectivity index (χ3n) is 2.46. The Morgan fingerprint density at radius 1 is 1.42 bits per heavy atom. The minimum absolute atomic E-state index is 0.179. The number of carbonyl (C=O) groups is 2. The number of benzene rings is 1. The maximum absolute atomic E-state index is 11.7. The number of hydrogen-bond donors (Lipinski definition) is 2. The van der Waals surface area contributed by atoms with Gasteiger partial charge in [-0.1, -0.05) is 18.2 Å². The minimum Gasteiger partial charge on any atom is -0.467 e. The number of hydrogen-bond acceptors (Lipinski definition) is 5. The normalized spacial score (nSPS) is 11.7. The van der Waals surface area contributed by atoms with Crippen LogP contribution >= 0.6 is 11.8 Å². The Kier molecular flexibility index (Phi) is 6.38. The second-order valence-electron chi connectivity index (χ2n) is 3.88. The molecular weight excluding hydrogens is 266 g/mol. The summed E-state index contributed by atoms with van der Waals surface area (Å²) in [6.45, 7) is 1.48. The monoisotopic (exact) mass is 283 g/mol. The van der Waals surface area contributed by atoms with Crippen LogP contribution in [-0.2, 0) is 14.3 Å². The number of rotatable bonds is 6. The Bertz CT molecular complexity index is 450. The zero-order valence-electron chi connectivity index (χ0n) is 10.9. The van der Waals surface area contributed by atoms with E-state index in [4.69, 9.17) is 5.11 Å². The number of aliphatic hydroxyl groups is 1. The number of thioether (sulfide) groups is 1. The van der Waals surface area contributed by atoms with Crippen LogP contribution in [-0.4, -0.2) is 42.5 Å². The number of esters is 1. The molecule has 5 nitrogen and oxygen atoms in total. The highest BCUT2D eigenvalue weighted by Crippen LogP contribution is 2.21. The molecule has 0 bridgehead atoms. The largest absolute Gasteiger partial charge is 0.467 e. The first kappa shape index (κ1) is 15.5. The fourth-order valence-corrected chi connectivity index (χ4v) is 2.26. The van der Waals surface area contributed by atoms with E-state index in [0.29, 0.717) is 0 Å². The van der Waals surface area contributed by atoms with Gasteiger partial charge in [-0.05, 0) is 18.6 Å². The summed E-state index contributed by atoms with van der Waals surface area (Å²) >= 11 is 1.38. The molecule has 104 valence electrons. The fourth-order valence-electron chi connectivity index (χ4n) is 1.42. The zero-order valence-corrected chi connectivity index (χ0v) is 11.7. The van der Waals surface area contributed by atoms with Crippen molar-refractivity contribution in [1.82, 2.24) is 5.32 Å². The van der Waals surface area contributed by atoms with E-state index in [1.54, 1.807) is 0 Å². The molecule has 0 aromatic heterocycles. The molecule has 0 aliphatic carbocycles. The highest BCUT2D eigenvalue weighted by atomic mass is 32.2. The Morgan fingerprint density at radius 2 is 2.11 bits per heavy atom. The lowest BCUT2D eigenvalue weighted by Crippen LogP contribution is -2.44. The molecule has 1 amide bonds. The average Bonchev–Trinajstić information content (AvgIpc) is 2.43. The van der Waals surface area contributed by atoms with Crippen molar-refractivity contribution >= 4 is 23.6 Å². The van der Waals surface area contributed by atoms with Crippen LogP contribution in [0.5, 0.6) is 0 Å². The summed E-state index contributed by atoms with van der Waals surface area (Å²) in [4.78, 5) is 23.9. The summed E-state index contributed by atoms with van der Waals surface area (Å²) in [5.41, 5.74) is 1.09. The standard InChI is InChI=1S/C13H17NO4S/c1-9-5-3-4-6-11(9)19-8-12(16)14-10(7-15)13(17)18-2/h3-6,10,15H,7-8H2,1-2H3,(H,14,16). The van der Waals surface area contributed by atoms with E-state index in [9.17, 15) is 9.59 Å². The van der Waals surface area contributed by atoms with Gasteiger partial charge in [-0.2, -0.15) is 0 Å². The highest BCUT2D eigenvalue weighted by molar-refractivity contribution is 8.00. The Labute approximate surface area is 116 Å². The third kappa shape index (κ3) is 4.92. The predicted octanol–water partition coefficient (Wildman–Crippen LogP) is 0.737. The van der Waals surface area contributed by atoms with Gasteiger partial charge in [0.25, 0.3) is 0 Å². The van der Waals surface area contributed by atoms with Crippen LogP contribution < -0.4 is 5.32 Å². The van der Waals surface area contributed by atoms with Crippen molar-refractivity contribution in [3.05, 3.63) is 29.8 Å². The summed E-state index contributed by atoms with van der Waals surface area (Å²) in [5.74, 6) is -0.798. The van der Waals surface area contributed by atoms with Crippen LogP contribution in [0.2, 0.25) is 0 Å². The van der Waals surface area contributed by atoms with Crippen molar-refractivity contribution in [2.75, 3.05) is 19.5 Å². The molecule has 1 unspecified atom stereocenters. The molecule has 19 heavy (non-hydrogen) atoms. The van der Waals surface area contributed by atoms with Crippen molar-refractivity contribution in [2.45, 2.75) is 17.9 Å². The van der Waals surface area contributed by atoms with E-state index < -0.39 is 18.6 Å². The third-order valence-corrected chi connectivity index (χ3v) is 3.63. The van der Waals surface area contributed by atoms with E-state index in [-0.39, 0.29) is 11.7 Å². The number of methoxy groups -OCH3 is 1. The SMILES string of the molecule is COC(=O)C(CO)NC(=O)CSc1ccccc1C. The molecule has 0 aliphatic rings. The van der Waals surface area contributed by atoms with Gasteiger partial charge in [-0.15, -0.1) is 11.8 Å². The summed E-state index contributed by atoms with van der Waals surface area (Å²) < 4.78 is 4.47. The summed E-state index contributed by atoms with van der Waals surface area (Å²) in [6.07, 6.45) is 0. The molecule has 0 saturated carbocycles. The first-order chi connectivity index (χ1) is 9.08. The van der Waals surface area contributed by atoms with Crippen LogP contribution in [0.15, 0.2) is 29.2 Å². The van der Waals surface area contributed by atoms with E-state index >= 15 is 0 Å². The van der Waals surface area contributed by atoms with Crippen molar-refractivity contribution in [3.8, 4) is 0 Å². The van der Waals surface area contributed by atoms with Crippen molar-refractivity contribution in [3.63, 3.8) is 0 Å². The molecule has 0 radical (unpaired) electrons. The van der Waals surface area contributed by atoms with E-state index in [1.165, 1.54) is 18.9 Å². The van der Waals surface area contributed by atoms with Crippen LogP contribution in [0.3, 0.4) is 0 Å². The predicted molar refractivity (Wildman–Crippen MR) is 72.9 cm³/mol. The minimum atomic E-state index is -1.00. The van der Waals surface area contributed by atoms with Crippen LogP contribution in [0.25, 0.3) is 0 Å². The number of aliphatic hydroxyl groups excluding tert-OH is 1. The topological polar surface area (TPSA) is 75.6 Å². The lowest BCUT2D eigenvalue weighted by molar-refractivity contribution is -0.145. The molecule has 1 atom stereocenters. The van der Waals surface area contributed by atoms with Gasteiger partial charge >= 0.3 is 5.97 Å². The van der Waals surface area contributed by atoms with Gasteiger partial charge in [-0.25, -0.2) is 4.79 Å². The average molecular weight is 283 g/mol. The van der Waals surface area contributed by atoms with E-state index in [1.807, 2.05) is 31.2 Å². The molecule has 1 aromatic rings. The second-order valence-corrected chi connectivity index (χ2v) is 4.90. The summed E-state index contributed by atoms with van der Waals surface area (Å²) in [5, 5.41) is 11.4. The Balaban J connectivity index is 2.48. The van der Waals surface area contributed by atoms with Gasteiger partial charge in [0.05, 0.1) is 19.5 Å². The van der Waals surface area contributed by atoms with Gasteiger partial charge in [0.2, 0.25) is 5.91 Å². The fraction of sp³-hybridized carbons (Fsp3) is 0.385. The molecule has 0 fully saturated rings. The molecule has 1 rings (SSSR count). The van der Waals surface area contributed by atoms with Crippen LogP contribution in [0.1, 0.15) is 5.56 Å². The van der Waals surface area contributed by atoms with Gasteiger partial charge in [0.15, 0.2) is 6.04 Å². The summed E-state index contributed by atoms with van der Waals surface area (Å²) in [6, 6.07) is 6.72. The molecular formula is C13H17NO4S. The molecule has 6 heteroatoms. The first-order valence-electron chi connectivity index (χ1n) is 5.75. The molecule has 0 spiro atoms. The highest BCUT2D eigenvalue weighted by Gasteiger charge is 2.20. The molecule has 0 saturated heterocycles. The lowest BCUT2D eigenvalue weighted by Gasteiger charge is -2.13. The lowest BCUT2D eigenvalue weighted by atomic mass is 10.2. The molecule has 0 aliphatic heterocycles. The number of nitrogens with one attached hydrogen (secondary N) is 1. The molecule has 2 N–H and O–H groups in total. The Morgan fingerprint density at radius 3 is 2.68 bits per heavy atom. The first-order valence-corrected chi connectivity index (χ1v) is 6.73. The van der Waals surface area contributed by atoms with E-state index in [0.717, 1.165) is 10.5 Å². The van der Waals surface area contributed by atoms with Crippen LogP contribution in [0.4, 0.5) is 0 Å². The number of ether oxygens (including phenoxy) is 1. The van der Waals surface area contributed by atoms with E-state index in [2.05, 4.69) is 10.1 Å². The van der Waals surface area contributed by atoms with Gasteiger partial charge < -0.3 is 15.2 Å². The molecule has 1 aromatic carbocycles. The van der Waals surface area contributed by atoms with Gasteiger partial charge in [0, 0.05) is 4.90 Å². The van der Waals surface area contributed by atoms with Crippen LogP contribution in [0, 0.1) is 6.92 Å². The number of aryl methyl sites for hydroxylation is 1. The van der Waals surface area contributed by atoms with Gasteiger partial charge in [-0.3, -0.25) is 4.79 Å². The Hall–Kier alpha value is -1.53. The number of carbonyl (C=O) groups excluding carboxylic acids is 2. The van der Waals surface area contributed by atoms with Crippen molar-refractivity contribution < 1.29 is 19.4 Å². The maximum atomic E-state index is 11.7. The van der Waals surface area contributed by atoms with Crippen molar-refractivity contribution in [1.29, 1.82) is 0 Å². The van der Waals surface area contributed by atoms with Crippen molar-refractivity contribution in [2.24, 2.45) is 0 Å². The summed E-state index contributed by atoms with van der Waals surface area (Å²) in [7, 11) is 1.21. The molecule has 0 heterocycles.